The van der Waals surface area contributed by atoms with Crippen molar-refractivity contribution in [1.29, 1.82) is 5.26 Å². The number of thioether (sulfide) groups is 1. The van der Waals surface area contributed by atoms with Crippen LogP contribution >= 0.6 is 11.8 Å². The predicted molar refractivity (Wildman–Crippen MR) is 101 cm³/mol. The number of amides is 1. The second kappa shape index (κ2) is 8.24. The van der Waals surface area contributed by atoms with Gasteiger partial charge >= 0.3 is 6.18 Å². The minimum absolute atomic E-state index is 0.0526. The molecule has 3 rings (SSSR count). The van der Waals surface area contributed by atoms with Crippen molar-refractivity contribution >= 4 is 29.3 Å². The van der Waals surface area contributed by atoms with Crippen LogP contribution in [0.4, 0.5) is 24.8 Å². The lowest BCUT2D eigenvalue weighted by molar-refractivity contribution is -0.137. The van der Waals surface area contributed by atoms with Gasteiger partial charge in [-0.05, 0) is 35.9 Å². The molecule has 11 heteroatoms. The topological polar surface area (TPSA) is 120 Å². The molecule has 0 fully saturated rings. The monoisotopic (exact) mass is 418 g/mol. The Labute approximate surface area is 167 Å². The fourth-order valence-electron chi connectivity index (χ4n) is 2.38. The molecule has 0 bridgehead atoms. The average Bonchev–Trinajstić information content (AvgIpc) is 3.11. The van der Waals surface area contributed by atoms with Gasteiger partial charge in [-0.3, -0.25) is 4.79 Å². The van der Waals surface area contributed by atoms with Crippen LogP contribution in [0.25, 0.3) is 0 Å². The Hall–Kier alpha value is -3.52. The van der Waals surface area contributed by atoms with Crippen molar-refractivity contribution in [2.75, 3.05) is 11.1 Å². The molecule has 29 heavy (non-hydrogen) atoms. The van der Waals surface area contributed by atoms with E-state index in [9.17, 15) is 18.0 Å². The van der Waals surface area contributed by atoms with Gasteiger partial charge in [0.2, 0.25) is 11.1 Å². The van der Waals surface area contributed by atoms with E-state index in [4.69, 9.17) is 11.0 Å². The second-order valence-electron chi connectivity index (χ2n) is 5.81. The SMILES string of the molecule is N#Cc1ccc(NC(=O)c2ccc(CSc3n[nH]c(N)n3)cc2)cc1C(F)(F)F. The molecule has 0 aliphatic heterocycles. The quantitative estimate of drug-likeness (QED) is 0.542. The van der Waals surface area contributed by atoms with Crippen molar-refractivity contribution in [1.82, 2.24) is 15.2 Å². The van der Waals surface area contributed by atoms with Gasteiger partial charge in [0, 0.05) is 17.0 Å². The third kappa shape index (κ3) is 5.05. The van der Waals surface area contributed by atoms with Crippen LogP contribution in [0.5, 0.6) is 0 Å². The highest BCUT2D eigenvalue weighted by Gasteiger charge is 2.34. The van der Waals surface area contributed by atoms with E-state index in [1.54, 1.807) is 24.3 Å². The van der Waals surface area contributed by atoms with Crippen molar-refractivity contribution in [2.24, 2.45) is 0 Å². The molecule has 2 aromatic carbocycles. The van der Waals surface area contributed by atoms with Crippen LogP contribution in [0.3, 0.4) is 0 Å². The van der Waals surface area contributed by atoms with Gasteiger partial charge in [-0.15, -0.1) is 5.10 Å². The minimum Gasteiger partial charge on any atom is -0.368 e. The summed E-state index contributed by atoms with van der Waals surface area (Å²) in [6.07, 6.45) is -4.70. The first-order valence-electron chi connectivity index (χ1n) is 8.08. The number of hydrogen-bond acceptors (Lipinski definition) is 6. The van der Waals surface area contributed by atoms with Crippen LogP contribution < -0.4 is 11.1 Å². The van der Waals surface area contributed by atoms with E-state index >= 15 is 0 Å². The average molecular weight is 418 g/mol. The third-order valence-electron chi connectivity index (χ3n) is 3.77. The van der Waals surface area contributed by atoms with Gasteiger partial charge in [0.1, 0.15) is 0 Å². The molecule has 3 aromatic rings. The number of alkyl halides is 3. The number of nitrogens with one attached hydrogen (secondary N) is 2. The van der Waals surface area contributed by atoms with Gasteiger partial charge in [0.25, 0.3) is 5.91 Å². The summed E-state index contributed by atoms with van der Waals surface area (Å²) in [7, 11) is 0. The molecule has 7 nitrogen and oxygen atoms in total. The van der Waals surface area contributed by atoms with Crippen molar-refractivity contribution < 1.29 is 18.0 Å². The predicted octanol–water partition coefficient (Wildman–Crippen LogP) is 3.82. The first-order valence-corrected chi connectivity index (χ1v) is 9.07. The van der Waals surface area contributed by atoms with Crippen LogP contribution in [0.2, 0.25) is 0 Å². The highest BCUT2D eigenvalue weighted by molar-refractivity contribution is 7.98. The summed E-state index contributed by atoms with van der Waals surface area (Å²) in [5.41, 5.74) is 4.96. The van der Waals surface area contributed by atoms with Gasteiger partial charge < -0.3 is 11.1 Å². The molecule has 0 saturated carbocycles. The number of nitrogens with two attached hydrogens (primary N) is 1. The number of nitriles is 1. The standard InChI is InChI=1S/C18H13F3N6OS/c19-18(20,21)14-7-13(6-5-12(14)8-22)24-15(28)11-3-1-10(2-4-11)9-29-17-25-16(23)26-27-17/h1-7H,9H2,(H,24,28)(H3,23,25,26,27). The largest absolute Gasteiger partial charge is 0.417 e. The van der Waals surface area contributed by atoms with E-state index in [-0.39, 0.29) is 17.2 Å². The first-order chi connectivity index (χ1) is 13.8. The fraction of sp³-hybridized carbons (Fsp3) is 0.111. The zero-order valence-corrected chi connectivity index (χ0v) is 15.4. The van der Waals surface area contributed by atoms with Gasteiger partial charge in [0.05, 0.1) is 17.2 Å². The number of aromatic amines is 1. The number of H-pyrrole nitrogens is 1. The molecule has 0 unspecified atom stereocenters. The van der Waals surface area contributed by atoms with Crippen molar-refractivity contribution in [2.45, 2.75) is 17.1 Å². The van der Waals surface area contributed by atoms with Gasteiger partial charge in [-0.25, -0.2) is 5.10 Å². The van der Waals surface area contributed by atoms with E-state index in [0.717, 1.165) is 17.7 Å². The summed E-state index contributed by atoms with van der Waals surface area (Å²) >= 11 is 1.35. The van der Waals surface area contributed by atoms with Crippen molar-refractivity contribution in [3.8, 4) is 6.07 Å². The summed E-state index contributed by atoms with van der Waals surface area (Å²) in [6.45, 7) is 0. The zero-order chi connectivity index (χ0) is 21.0. The van der Waals surface area contributed by atoms with E-state index in [1.807, 2.05) is 0 Å². The van der Waals surface area contributed by atoms with E-state index < -0.39 is 23.2 Å². The Morgan fingerprint density at radius 1 is 1.24 bits per heavy atom. The Morgan fingerprint density at radius 2 is 1.97 bits per heavy atom. The lowest BCUT2D eigenvalue weighted by atomic mass is 10.1. The fourth-order valence-corrected chi connectivity index (χ4v) is 3.14. The van der Waals surface area contributed by atoms with Gasteiger partial charge in [0.15, 0.2) is 0 Å². The van der Waals surface area contributed by atoms with Gasteiger partial charge in [-0.2, -0.15) is 23.4 Å². The molecule has 0 atom stereocenters. The number of nitrogen functional groups attached to an aromatic ring is 1. The number of hydrogen-bond donors (Lipinski definition) is 3. The molecular weight excluding hydrogens is 405 g/mol. The maximum absolute atomic E-state index is 13.0. The number of nitrogens with zero attached hydrogens (tertiary/aromatic N) is 3. The van der Waals surface area contributed by atoms with Crippen LogP contribution in [-0.2, 0) is 11.9 Å². The molecule has 0 spiro atoms. The molecule has 4 N–H and O–H groups in total. The van der Waals surface area contributed by atoms with E-state index in [2.05, 4.69) is 20.5 Å². The number of anilines is 2. The molecule has 1 heterocycles. The lowest BCUT2D eigenvalue weighted by Crippen LogP contribution is -2.14. The lowest BCUT2D eigenvalue weighted by Gasteiger charge is -2.12. The number of rotatable bonds is 5. The summed E-state index contributed by atoms with van der Waals surface area (Å²) in [5.74, 6) is 0.198. The Bertz CT molecular complexity index is 1070. The molecule has 1 amide bonds. The maximum atomic E-state index is 13.0. The van der Waals surface area contributed by atoms with Crippen molar-refractivity contribution in [3.05, 3.63) is 64.7 Å². The van der Waals surface area contributed by atoms with Crippen LogP contribution in [0.15, 0.2) is 47.6 Å². The Morgan fingerprint density at radius 3 is 2.55 bits per heavy atom. The normalized spacial score (nSPS) is 11.1. The van der Waals surface area contributed by atoms with Crippen molar-refractivity contribution in [3.63, 3.8) is 0 Å². The molecule has 1 aromatic heterocycles. The van der Waals surface area contributed by atoms with Crippen LogP contribution in [0, 0.1) is 11.3 Å². The Balaban J connectivity index is 1.67. The van der Waals surface area contributed by atoms with Crippen LogP contribution in [0.1, 0.15) is 27.0 Å². The molecule has 0 aliphatic rings. The van der Waals surface area contributed by atoms with E-state index in [1.165, 1.54) is 23.9 Å². The summed E-state index contributed by atoms with van der Waals surface area (Å²) < 4.78 is 39.1. The second-order valence-corrected chi connectivity index (χ2v) is 6.76. The number of benzene rings is 2. The summed E-state index contributed by atoms with van der Waals surface area (Å²) in [6, 6.07) is 11.1. The Kier molecular flexibility index (Phi) is 5.74. The highest BCUT2D eigenvalue weighted by Crippen LogP contribution is 2.33. The first kappa shape index (κ1) is 20.2. The molecule has 0 aliphatic carbocycles. The molecular formula is C18H13F3N6OS. The molecule has 0 radical (unpaired) electrons. The number of aromatic nitrogens is 3. The number of halogens is 3. The maximum Gasteiger partial charge on any atom is 0.417 e. The highest BCUT2D eigenvalue weighted by atomic mass is 32.2. The summed E-state index contributed by atoms with van der Waals surface area (Å²) in [5, 5.41) is 18.1. The van der Waals surface area contributed by atoms with E-state index in [0.29, 0.717) is 10.9 Å². The number of carbonyl (C=O) groups is 1. The third-order valence-corrected chi connectivity index (χ3v) is 4.69. The summed E-state index contributed by atoms with van der Waals surface area (Å²) in [4.78, 5) is 16.3. The minimum atomic E-state index is -4.70. The molecule has 148 valence electrons. The van der Waals surface area contributed by atoms with Gasteiger partial charge in [-0.1, -0.05) is 23.9 Å². The zero-order valence-electron chi connectivity index (χ0n) is 14.6. The molecule has 0 saturated heterocycles. The smallest absolute Gasteiger partial charge is 0.368 e. The number of carbonyl (C=O) groups excluding carboxylic acids is 1. The van der Waals surface area contributed by atoms with Crippen LogP contribution in [-0.4, -0.2) is 21.1 Å².